The Bertz CT molecular complexity index is 416. The van der Waals surface area contributed by atoms with Gasteiger partial charge in [-0.3, -0.25) is 9.98 Å². The summed E-state index contributed by atoms with van der Waals surface area (Å²) in [6.07, 6.45) is 7.74. The molecule has 0 saturated carbocycles. The standard InChI is InChI=1S/C13H17N3O2/c14-8-3-7-12(13(17)18)16-10-4-6-11-5-1-2-9-15-11/h1-2,4-6,9-10,12H,3,7-8,14H2,(H,17,18)/b6-4+,16-10?. The van der Waals surface area contributed by atoms with Crippen LogP contribution in [0, 0.1) is 0 Å². The Morgan fingerprint density at radius 1 is 1.56 bits per heavy atom. The van der Waals surface area contributed by atoms with Crippen molar-refractivity contribution in [1.82, 2.24) is 4.98 Å². The smallest absolute Gasteiger partial charge is 0.328 e. The molecular weight excluding hydrogens is 230 g/mol. The monoisotopic (exact) mass is 247 g/mol. The van der Waals surface area contributed by atoms with E-state index in [0.717, 1.165) is 5.69 Å². The Labute approximate surface area is 106 Å². The summed E-state index contributed by atoms with van der Waals surface area (Å²) in [5, 5.41) is 8.93. The number of nitrogens with zero attached hydrogens (tertiary/aromatic N) is 2. The van der Waals surface area contributed by atoms with Crippen molar-refractivity contribution < 1.29 is 9.90 Å². The molecular formula is C13H17N3O2. The second-order valence-electron chi connectivity index (χ2n) is 3.70. The normalized spacial score (nSPS) is 13.2. The fraction of sp³-hybridized carbons (Fsp3) is 0.308. The highest BCUT2D eigenvalue weighted by Gasteiger charge is 2.13. The summed E-state index contributed by atoms with van der Waals surface area (Å²) in [6.45, 7) is 0.475. The number of hydrogen-bond acceptors (Lipinski definition) is 4. The number of aliphatic carboxylic acids is 1. The number of nitrogens with two attached hydrogens (primary N) is 1. The van der Waals surface area contributed by atoms with E-state index in [1.54, 1.807) is 18.3 Å². The molecule has 5 heteroatoms. The number of carboxylic acid groups (broad SMARTS) is 1. The molecule has 0 aliphatic rings. The number of hydrogen-bond donors (Lipinski definition) is 2. The van der Waals surface area contributed by atoms with Crippen molar-refractivity contribution >= 4 is 18.3 Å². The van der Waals surface area contributed by atoms with Crippen LogP contribution in [0.2, 0.25) is 0 Å². The number of rotatable bonds is 7. The number of aliphatic imine (C=N–C) groups is 1. The first kappa shape index (κ1) is 14.1. The number of aromatic nitrogens is 1. The third kappa shape index (κ3) is 5.36. The number of pyridine rings is 1. The van der Waals surface area contributed by atoms with Crippen LogP contribution >= 0.6 is 0 Å². The molecule has 0 saturated heterocycles. The van der Waals surface area contributed by atoms with Crippen molar-refractivity contribution in [3.8, 4) is 0 Å². The highest BCUT2D eigenvalue weighted by molar-refractivity contribution is 5.81. The molecule has 0 aromatic carbocycles. The maximum absolute atomic E-state index is 10.9. The zero-order chi connectivity index (χ0) is 13.2. The zero-order valence-corrected chi connectivity index (χ0v) is 10.1. The number of carbonyl (C=O) groups is 1. The summed E-state index contributed by atoms with van der Waals surface area (Å²) in [7, 11) is 0. The van der Waals surface area contributed by atoms with E-state index >= 15 is 0 Å². The molecule has 5 nitrogen and oxygen atoms in total. The lowest BCUT2D eigenvalue weighted by molar-refractivity contribution is -0.138. The van der Waals surface area contributed by atoms with Gasteiger partial charge in [0.25, 0.3) is 0 Å². The lowest BCUT2D eigenvalue weighted by Gasteiger charge is -2.04. The van der Waals surface area contributed by atoms with E-state index < -0.39 is 12.0 Å². The largest absolute Gasteiger partial charge is 0.480 e. The Hall–Kier alpha value is -2.01. The van der Waals surface area contributed by atoms with Crippen LogP contribution in [0.3, 0.4) is 0 Å². The number of carboxylic acids is 1. The van der Waals surface area contributed by atoms with Crippen molar-refractivity contribution in [2.45, 2.75) is 18.9 Å². The van der Waals surface area contributed by atoms with Gasteiger partial charge >= 0.3 is 5.97 Å². The quantitative estimate of drug-likeness (QED) is 0.712. The molecule has 0 aliphatic heterocycles. The predicted octanol–water partition coefficient (Wildman–Crippen LogP) is 1.36. The molecule has 18 heavy (non-hydrogen) atoms. The van der Waals surface area contributed by atoms with Crippen molar-refractivity contribution in [2.24, 2.45) is 10.7 Å². The van der Waals surface area contributed by atoms with E-state index in [1.165, 1.54) is 6.21 Å². The predicted molar refractivity (Wildman–Crippen MR) is 71.5 cm³/mol. The minimum Gasteiger partial charge on any atom is -0.480 e. The summed E-state index contributed by atoms with van der Waals surface area (Å²) in [5.41, 5.74) is 6.14. The number of allylic oxidation sites excluding steroid dienone is 1. The van der Waals surface area contributed by atoms with Gasteiger partial charge in [-0.2, -0.15) is 0 Å². The summed E-state index contributed by atoms with van der Waals surface area (Å²) in [5.74, 6) is -0.925. The van der Waals surface area contributed by atoms with Gasteiger partial charge in [-0.25, -0.2) is 4.79 Å². The molecule has 0 bridgehead atoms. The van der Waals surface area contributed by atoms with E-state index in [1.807, 2.05) is 18.2 Å². The van der Waals surface area contributed by atoms with Crippen LogP contribution in [-0.4, -0.2) is 34.9 Å². The highest BCUT2D eigenvalue weighted by atomic mass is 16.4. The molecule has 3 N–H and O–H groups in total. The van der Waals surface area contributed by atoms with E-state index in [9.17, 15) is 4.79 Å². The van der Waals surface area contributed by atoms with Gasteiger partial charge in [-0.05, 0) is 43.7 Å². The van der Waals surface area contributed by atoms with Crippen LogP contribution < -0.4 is 5.73 Å². The first-order chi connectivity index (χ1) is 8.74. The maximum atomic E-state index is 10.9. The lowest BCUT2D eigenvalue weighted by Crippen LogP contribution is -2.19. The minimum atomic E-state index is -0.925. The van der Waals surface area contributed by atoms with E-state index in [2.05, 4.69) is 9.98 Å². The summed E-state index contributed by atoms with van der Waals surface area (Å²) in [6, 6.07) is 4.85. The van der Waals surface area contributed by atoms with Crippen LogP contribution in [-0.2, 0) is 4.79 Å². The van der Waals surface area contributed by atoms with Gasteiger partial charge in [-0.1, -0.05) is 6.07 Å². The van der Waals surface area contributed by atoms with Crippen molar-refractivity contribution in [1.29, 1.82) is 0 Å². The van der Waals surface area contributed by atoms with Gasteiger partial charge < -0.3 is 10.8 Å². The topological polar surface area (TPSA) is 88.6 Å². The average Bonchev–Trinajstić information content (AvgIpc) is 2.38. The molecule has 1 rings (SSSR count). The van der Waals surface area contributed by atoms with Crippen molar-refractivity contribution in [2.75, 3.05) is 6.54 Å². The molecule has 1 unspecified atom stereocenters. The third-order valence-electron chi connectivity index (χ3n) is 2.27. The fourth-order valence-corrected chi connectivity index (χ4v) is 1.34. The molecule has 0 amide bonds. The Kier molecular flexibility index (Phi) is 6.35. The van der Waals surface area contributed by atoms with E-state index in [4.69, 9.17) is 10.8 Å². The molecule has 1 aromatic rings. The van der Waals surface area contributed by atoms with Gasteiger partial charge in [0.2, 0.25) is 0 Å². The van der Waals surface area contributed by atoms with Crippen LogP contribution in [0.4, 0.5) is 0 Å². The van der Waals surface area contributed by atoms with Gasteiger partial charge in [0.15, 0.2) is 0 Å². The molecule has 1 heterocycles. The Morgan fingerprint density at radius 2 is 2.39 bits per heavy atom. The van der Waals surface area contributed by atoms with E-state index in [0.29, 0.717) is 19.4 Å². The second kappa shape index (κ2) is 8.14. The van der Waals surface area contributed by atoms with E-state index in [-0.39, 0.29) is 0 Å². The lowest BCUT2D eigenvalue weighted by atomic mass is 10.1. The molecule has 1 aromatic heterocycles. The van der Waals surface area contributed by atoms with Gasteiger partial charge in [0.1, 0.15) is 6.04 Å². The molecule has 0 fully saturated rings. The Balaban J connectivity index is 2.51. The first-order valence-corrected chi connectivity index (χ1v) is 5.78. The van der Waals surface area contributed by atoms with Crippen molar-refractivity contribution in [3.05, 3.63) is 36.2 Å². The molecule has 0 aliphatic carbocycles. The van der Waals surface area contributed by atoms with Gasteiger partial charge in [0.05, 0.1) is 5.69 Å². The highest BCUT2D eigenvalue weighted by Crippen LogP contribution is 2.01. The van der Waals surface area contributed by atoms with Crippen LogP contribution in [0.1, 0.15) is 18.5 Å². The maximum Gasteiger partial charge on any atom is 0.328 e. The van der Waals surface area contributed by atoms with Gasteiger partial charge in [0, 0.05) is 12.4 Å². The molecule has 0 radical (unpaired) electrons. The van der Waals surface area contributed by atoms with Crippen LogP contribution in [0.15, 0.2) is 35.5 Å². The minimum absolute atomic E-state index is 0.458. The fourth-order valence-electron chi connectivity index (χ4n) is 1.34. The van der Waals surface area contributed by atoms with Crippen LogP contribution in [0.5, 0.6) is 0 Å². The SMILES string of the molecule is NCCCC(N=C/C=C/c1ccccn1)C(=O)O. The summed E-state index contributed by atoms with van der Waals surface area (Å²) < 4.78 is 0. The first-order valence-electron chi connectivity index (χ1n) is 5.78. The molecule has 96 valence electrons. The zero-order valence-electron chi connectivity index (χ0n) is 10.1. The van der Waals surface area contributed by atoms with Crippen molar-refractivity contribution in [3.63, 3.8) is 0 Å². The third-order valence-corrected chi connectivity index (χ3v) is 2.27. The molecule has 0 spiro atoms. The molecule has 1 atom stereocenters. The summed E-state index contributed by atoms with van der Waals surface area (Å²) >= 11 is 0. The Morgan fingerprint density at radius 3 is 3.00 bits per heavy atom. The average molecular weight is 247 g/mol. The van der Waals surface area contributed by atoms with Gasteiger partial charge in [-0.15, -0.1) is 0 Å². The summed E-state index contributed by atoms with van der Waals surface area (Å²) in [4.78, 5) is 19.0. The second-order valence-corrected chi connectivity index (χ2v) is 3.70. The van der Waals surface area contributed by atoms with Crippen LogP contribution in [0.25, 0.3) is 6.08 Å².